The molecule has 0 bridgehead atoms. The molecule has 0 fully saturated rings. The summed E-state index contributed by atoms with van der Waals surface area (Å²) in [4.78, 5) is 12.6. The summed E-state index contributed by atoms with van der Waals surface area (Å²) in [5.41, 5.74) is 2.73. The summed E-state index contributed by atoms with van der Waals surface area (Å²) in [6, 6.07) is 23.8. The molecule has 164 valence electrons. The molecule has 0 radical (unpaired) electrons. The summed E-state index contributed by atoms with van der Waals surface area (Å²) in [5, 5.41) is 21.9. The first-order valence-corrected chi connectivity index (χ1v) is 11.2. The monoisotopic (exact) mass is 519 g/mol. The zero-order valence-electron chi connectivity index (χ0n) is 17.7. The summed E-state index contributed by atoms with van der Waals surface area (Å²) < 4.78 is 6.40. The maximum Gasteiger partial charge on any atom is 0.262 e. The first-order chi connectivity index (χ1) is 15.9. The lowest BCUT2D eigenvalue weighted by atomic mass is 10.1. The number of carbonyl (C=O) groups excluding carboxylic acids is 1. The molecule has 3 aromatic carbocycles. The van der Waals surface area contributed by atoms with Crippen LogP contribution in [-0.4, -0.2) is 5.91 Å². The molecule has 0 heterocycles. The molecule has 1 N–H and O–H groups in total. The number of nitrogens with one attached hydrogen (secondary N) is 1. The summed E-state index contributed by atoms with van der Waals surface area (Å²) in [6.07, 6.45) is 1.47. The van der Waals surface area contributed by atoms with Crippen molar-refractivity contribution in [2.24, 2.45) is 0 Å². The van der Waals surface area contributed by atoms with Crippen LogP contribution in [0.15, 0.2) is 76.8 Å². The Morgan fingerprint density at radius 2 is 1.85 bits per heavy atom. The maximum absolute atomic E-state index is 12.6. The molecule has 0 unspecified atom stereocenters. The minimum atomic E-state index is -0.477. The highest BCUT2D eigenvalue weighted by atomic mass is 79.9. The van der Waals surface area contributed by atoms with Crippen LogP contribution in [0.3, 0.4) is 0 Å². The number of amides is 1. The van der Waals surface area contributed by atoms with E-state index < -0.39 is 5.91 Å². The van der Waals surface area contributed by atoms with Crippen molar-refractivity contribution in [2.45, 2.75) is 19.6 Å². The Kier molecular flexibility index (Phi) is 8.27. The molecule has 5 nitrogen and oxygen atoms in total. The quantitative estimate of drug-likeness (QED) is 0.291. The molecule has 0 aliphatic heterocycles. The largest absolute Gasteiger partial charge is 0.486 e. The number of hydrogen-bond donors (Lipinski definition) is 1. The first kappa shape index (κ1) is 24.1. The van der Waals surface area contributed by atoms with E-state index in [1.807, 2.05) is 55.5 Å². The van der Waals surface area contributed by atoms with Crippen LogP contribution in [0.25, 0.3) is 6.08 Å². The number of nitrogens with zero attached hydrogens (tertiary/aromatic N) is 2. The SMILES string of the molecule is C[C@H](NC(=O)/C(C#N)=C\c1cc(Cl)c(OCc2ccccc2C#N)c(Br)c1)c1ccccc1. The number of halogens is 2. The zero-order chi connectivity index (χ0) is 23.8. The van der Waals surface area contributed by atoms with Crippen LogP contribution >= 0.6 is 27.5 Å². The number of hydrogen-bond acceptors (Lipinski definition) is 4. The summed E-state index contributed by atoms with van der Waals surface area (Å²) in [6.45, 7) is 2.02. The van der Waals surface area contributed by atoms with Gasteiger partial charge in [-0.15, -0.1) is 0 Å². The van der Waals surface area contributed by atoms with Gasteiger partial charge >= 0.3 is 0 Å². The molecule has 0 spiro atoms. The van der Waals surface area contributed by atoms with Crippen molar-refractivity contribution in [3.8, 4) is 17.9 Å². The molecular weight excluding hydrogens is 502 g/mol. The van der Waals surface area contributed by atoms with E-state index in [0.29, 0.717) is 26.4 Å². The van der Waals surface area contributed by atoms with Crippen molar-refractivity contribution in [1.82, 2.24) is 5.32 Å². The van der Waals surface area contributed by atoms with Crippen LogP contribution < -0.4 is 10.1 Å². The van der Waals surface area contributed by atoms with E-state index in [2.05, 4.69) is 27.3 Å². The Morgan fingerprint density at radius 1 is 1.15 bits per heavy atom. The first-order valence-electron chi connectivity index (χ1n) is 10.0. The second-order valence-corrected chi connectivity index (χ2v) is 8.41. The van der Waals surface area contributed by atoms with Crippen molar-refractivity contribution in [1.29, 1.82) is 10.5 Å². The van der Waals surface area contributed by atoms with Crippen LogP contribution in [0.2, 0.25) is 5.02 Å². The molecule has 33 heavy (non-hydrogen) atoms. The van der Waals surface area contributed by atoms with E-state index in [-0.39, 0.29) is 18.2 Å². The lowest BCUT2D eigenvalue weighted by Gasteiger charge is -2.14. The third-order valence-corrected chi connectivity index (χ3v) is 5.72. The van der Waals surface area contributed by atoms with E-state index in [1.54, 1.807) is 24.3 Å². The Balaban J connectivity index is 1.76. The molecule has 0 saturated heterocycles. The van der Waals surface area contributed by atoms with Crippen LogP contribution in [0.1, 0.15) is 35.2 Å². The number of benzene rings is 3. The van der Waals surface area contributed by atoms with Gasteiger partial charge in [-0.2, -0.15) is 10.5 Å². The van der Waals surface area contributed by atoms with Gasteiger partial charge in [-0.05, 0) is 58.3 Å². The fourth-order valence-corrected chi connectivity index (χ4v) is 4.11. The Labute approximate surface area is 206 Å². The molecule has 1 atom stereocenters. The molecule has 7 heteroatoms. The van der Waals surface area contributed by atoms with Gasteiger partial charge < -0.3 is 10.1 Å². The standard InChI is InChI=1S/C26H19BrClN3O2/c1-17(19-7-3-2-4-8-19)31-26(32)22(15-30)11-18-12-23(27)25(24(28)13-18)33-16-21-10-6-5-9-20(21)14-29/h2-13,17H,16H2,1H3,(H,31,32)/b22-11-/t17-/m0/s1. The lowest BCUT2D eigenvalue weighted by molar-refractivity contribution is -0.117. The van der Waals surface area contributed by atoms with Gasteiger partial charge in [0.15, 0.2) is 5.75 Å². The van der Waals surface area contributed by atoms with Crippen LogP contribution in [0.5, 0.6) is 5.75 Å². The molecule has 0 saturated carbocycles. The Morgan fingerprint density at radius 3 is 2.52 bits per heavy atom. The highest BCUT2D eigenvalue weighted by Gasteiger charge is 2.15. The Hall–Kier alpha value is -3.58. The topological polar surface area (TPSA) is 85.9 Å². The molecule has 0 aromatic heterocycles. The van der Waals surface area contributed by atoms with E-state index in [4.69, 9.17) is 16.3 Å². The number of ether oxygens (including phenoxy) is 1. The van der Waals surface area contributed by atoms with Crippen molar-refractivity contribution < 1.29 is 9.53 Å². The van der Waals surface area contributed by atoms with Crippen LogP contribution in [0.4, 0.5) is 0 Å². The molecular formula is C26H19BrClN3O2. The molecule has 3 rings (SSSR count). The molecule has 0 aliphatic carbocycles. The Bertz CT molecular complexity index is 1250. The second kappa shape index (κ2) is 11.3. The zero-order valence-corrected chi connectivity index (χ0v) is 20.0. The predicted octanol–water partition coefficient (Wildman–Crippen LogP) is 6.34. The maximum atomic E-state index is 12.6. The predicted molar refractivity (Wildman–Crippen MR) is 131 cm³/mol. The van der Waals surface area contributed by atoms with Gasteiger partial charge in [-0.25, -0.2) is 0 Å². The van der Waals surface area contributed by atoms with Gasteiger partial charge in [0.1, 0.15) is 18.2 Å². The van der Waals surface area contributed by atoms with Crippen LogP contribution in [-0.2, 0) is 11.4 Å². The number of carbonyl (C=O) groups is 1. The third-order valence-electron chi connectivity index (χ3n) is 4.85. The highest BCUT2D eigenvalue weighted by molar-refractivity contribution is 9.10. The number of rotatable bonds is 7. The lowest BCUT2D eigenvalue weighted by Crippen LogP contribution is -2.27. The molecule has 3 aromatic rings. The van der Waals surface area contributed by atoms with Gasteiger partial charge in [0.2, 0.25) is 0 Å². The summed E-state index contributed by atoms with van der Waals surface area (Å²) in [5.74, 6) is -0.0725. The average Bonchev–Trinajstić information content (AvgIpc) is 2.82. The van der Waals surface area contributed by atoms with E-state index in [1.165, 1.54) is 6.08 Å². The van der Waals surface area contributed by atoms with Gasteiger partial charge in [0, 0.05) is 5.56 Å². The van der Waals surface area contributed by atoms with Crippen molar-refractivity contribution in [3.63, 3.8) is 0 Å². The van der Waals surface area contributed by atoms with Crippen molar-refractivity contribution in [3.05, 3.63) is 104 Å². The van der Waals surface area contributed by atoms with Crippen LogP contribution in [0, 0.1) is 22.7 Å². The van der Waals surface area contributed by atoms with Gasteiger partial charge in [0.05, 0.1) is 27.2 Å². The highest BCUT2D eigenvalue weighted by Crippen LogP contribution is 2.36. The van der Waals surface area contributed by atoms with E-state index in [0.717, 1.165) is 11.1 Å². The minimum Gasteiger partial charge on any atom is -0.486 e. The smallest absolute Gasteiger partial charge is 0.262 e. The van der Waals surface area contributed by atoms with Crippen molar-refractivity contribution >= 4 is 39.5 Å². The average molecular weight is 521 g/mol. The van der Waals surface area contributed by atoms with Crippen molar-refractivity contribution in [2.75, 3.05) is 0 Å². The number of nitriles is 2. The molecule has 0 aliphatic rings. The van der Waals surface area contributed by atoms with E-state index >= 15 is 0 Å². The van der Waals surface area contributed by atoms with E-state index in [9.17, 15) is 15.3 Å². The minimum absolute atomic E-state index is 0.0441. The van der Waals surface area contributed by atoms with Gasteiger partial charge in [-0.3, -0.25) is 4.79 Å². The van der Waals surface area contributed by atoms with Gasteiger partial charge in [0.25, 0.3) is 5.91 Å². The fourth-order valence-electron chi connectivity index (χ4n) is 3.12. The third kappa shape index (κ3) is 6.23. The summed E-state index contributed by atoms with van der Waals surface area (Å²) >= 11 is 9.85. The second-order valence-electron chi connectivity index (χ2n) is 7.15. The normalized spacial score (nSPS) is 11.7. The molecule has 1 amide bonds. The summed E-state index contributed by atoms with van der Waals surface area (Å²) in [7, 11) is 0. The fraction of sp³-hybridized carbons (Fsp3) is 0.115. The van der Waals surface area contributed by atoms with Gasteiger partial charge in [-0.1, -0.05) is 60.1 Å².